The molecular weight excluding hydrogens is 244 g/mol. The Balaban J connectivity index is 1.84. The maximum atomic E-state index is 12.0. The van der Waals surface area contributed by atoms with Gasteiger partial charge in [-0.05, 0) is 39.5 Å². The van der Waals surface area contributed by atoms with Crippen LogP contribution in [0.1, 0.15) is 33.6 Å². The van der Waals surface area contributed by atoms with Crippen LogP contribution in [0, 0.1) is 23.7 Å². The molecule has 0 aromatic carbocycles. The second-order valence-electron chi connectivity index (χ2n) is 6.70. The molecule has 5 atom stereocenters. The summed E-state index contributed by atoms with van der Waals surface area (Å²) in [7, 11) is 0. The first-order valence-electron chi connectivity index (χ1n) is 6.90. The topological polar surface area (TPSA) is 52.6 Å². The van der Waals surface area contributed by atoms with Gasteiger partial charge in [0.05, 0.1) is 5.92 Å². The summed E-state index contributed by atoms with van der Waals surface area (Å²) >= 11 is 0. The third-order valence-electron chi connectivity index (χ3n) is 4.99. The first-order chi connectivity index (χ1) is 8.81. The Kier molecular flexibility index (Phi) is 2.57. The van der Waals surface area contributed by atoms with E-state index in [1.807, 2.05) is 13.8 Å². The quantitative estimate of drug-likeness (QED) is 0.578. The fourth-order valence-electron chi connectivity index (χ4n) is 4.38. The molecule has 1 saturated heterocycles. The van der Waals surface area contributed by atoms with E-state index in [0.29, 0.717) is 17.4 Å². The third kappa shape index (κ3) is 1.72. The van der Waals surface area contributed by atoms with E-state index in [2.05, 4.69) is 6.58 Å². The van der Waals surface area contributed by atoms with Crippen LogP contribution < -0.4 is 0 Å². The number of fused-ring (bicyclic) bond motifs is 1. The van der Waals surface area contributed by atoms with Gasteiger partial charge in [-0.3, -0.25) is 4.79 Å². The van der Waals surface area contributed by atoms with Gasteiger partial charge in [0.15, 0.2) is 0 Å². The van der Waals surface area contributed by atoms with Crippen molar-refractivity contribution < 1.29 is 19.1 Å². The zero-order valence-electron chi connectivity index (χ0n) is 11.6. The number of hydrogen-bond acceptors (Lipinski definition) is 4. The Hall–Kier alpha value is -1.32. The summed E-state index contributed by atoms with van der Waals surface area (Å²) in [5, 5.41) is 0. The maximum Gasteiger partial charge on any atom is 0.333 e. The predicted molar refractivity (Wildman–Crippen MR) is 68.1 cm³/mol. The molecule has 4 nitrogen and oxygen atoms in total. The number of carbonyl (C=O) groups excluding carboxylic acids is 2. The molecule has 0 aromatic rings. The van der Waals surface area contributed by atoms with E-state index in [9.17, 15) is 9.59 Å². The summed E-state index contributed by atoms with van der Waals surface area (Å²) < 4.78 is 11.0. The summed E-state index contributed by atoms with van der Waals surface area (Å²) in [6.07, 6.45) is 2.07. The zero-order chi connectivity index (χ0) is 13.9. The van der Waals surface area contributed by atoms with Gasteiger partial charge in [0.25, 0.3) is 0 Å². The standard InChI is InChI=1S/C15H20O4/c1-7(2)13(16)19-15(3,4)12-8-5-9-10(6-8)18-14(17)11(9)12/h8-12H,1,5-6H2,2-4H3. The van der Waals surface area contributed by atoms with Gasteiger partial charge in [-0.25, -0.2) is 4.79 Å². The summed E-state index contributed by atoms with van der Waals surface area (Å²) in [5.74, 6) is 0.281. The van der Waals surface area contributed by atoms with Crippen LogP contribution in [-0.4, -0.2) is 23.6 Å². The number of carbonyl (C=O) groups is 2. The Morgan fingerprint density at radius 2 is 2.11 bits per heavy atom. The molecule has 2 bridgehead atoms. The molecule has 3 fully saturated rings. The molecule has 3 rings (SSSR count). The number of esters is 2. The van der Waals surface area contributed by atoms with Gasteiger partial charge >= 0.3 is 11.9 Å². The Bertz CT molecular complexity index is 463. The molecule has 1 heterocycles. The molecule has 4 heteroatoms. The van der Waals surface area contributed by atoms with Crippen molar-refractivity contribution in [2.24, 2.45) is 23.7 Å². The average Bonchev–Trinajstić information content (AvgIpc) is 2.87. The van der Waals surface area contributed by atoms with Gasteiger partial charge in [0.1, 0.15) is 11.7 Å². The minimum atomic E-state index is -0.644. The largest absolute Gasteiger partial charge is 0.462 e. The molecule has 3 aliphatic rings. The lowest BCUT2D eigenvalue weighted by molar-refractivity contribution is -0.163. The van der Waals surface area contributed by atoms with Gasteiger partial charge in [-0.15, -0.1) is 0 Å². The maximum absolute atomic E-state index is 12.0. The molecule has 5 unspecified atom stereocenters. The van der Waals surface area contributed by atoms with Gasteiger partial charge in [0.2, 0.25) is 0 Å². The zero-order valence-corrected chi connectivity index (χ0v) is 11.6. The monoisotopic (exact) mass is 264 g/mol. The Morgan fingerprint density at radius 3 is 2.74 bits per heavy atom. The molecule has 1 aliphatic heterocycles. The molecule has 104 valence electrons. The van der Waals surface area contributed by atoms with Crippen LogP contribution >= 0.6 is 0 Å². The molecule has 2 saturated carbocycles. The number of hydrogen-bond donors (Lipinski definition) is 0. The second-order valence-corrected chi connectivity index (χ2v) is 6.70. The van der Waals surface area contributed by atoms with Gasteiger partial charge in [-0.2, -0.15) is 0 Å². The van der Waals surface area contributed by atoms with Gasteiger partial charge < -0.3 is 9.47 Å². The average molecular weight is 264 g/mol. The Labute approximate surface area is 113 Å². The van der Waals surface area contributed by atoms with Crippen LogP contribution in [0.5, 0.6) is 0 Å². The van der Waals surface area contributed by atoms with Crippen molar-refractivity contribution in [1.82, 2.24) is 0 Å². The molecule has 0 spiro atoms. The van der Waals surface area contributed by atoms with E-state index in [1.165, 1.54) is 0 Å². The van der Waals surface area contributed by atoms with Crippen LogP contribution in [0.4, 0.5) is 0 Å². The lowest BCUT2D eigenvalue weighted by Crippen LogP contribution is -2.45. The summed E-state index contributed by atoms with van der Waals surface area (Å²) in [4.78, 5) is 23.8. The Morgan fingerprint density at radius 1 is 1.42 bits per heavy atom. The summed E-state index contributed by atoms with van der Waals surface area (Å²) in [6, 6.07) is 0. The van der Waals surface area contributed by atoms with E-state index < -0.39 is 5.60 Å². The van der Waals surface area contributed by atoms with E-state index >= 15 is 0 Å². The third-order valence-corrected chi connectivity index (χ3v) is 4.99. The van der Waals surface area contributed by atoms with Gasteiger partial charge in [0, 0.05) is 17.4 Å². The predicted octanol–water partition coefficient (Wildman–Crippen LogP) is 2.08. The van der Waals surface area contributed by atoms with Crippen LogP contribution in [-0.2, 0) is 19.1 Å². The molecule has 0 amide bonds. The number of ether oxygens (including phenoxy) is 2. The highest BCUT2D eigenvalue weighted by Crippen LogP contribution is 2.60. The first-order valence-corrected chi connectivity index (χ1v) is 6.90. The van der Waals surface area contributed by atoms with Crippen molar-refractivity contribution in [3.8, 4) is 0 Å². The highest BCUT2D eigenvalue weighted by Gasteiger charge is 2.65. The normalized spacial score (nSPS) is 39.3. The minimum absolute atomic E-state index is 0.0760. The molecule has 2 aliphatic carbocycles. The highest BCUT2D eigenvalue weighted by molar-refractivity contribution is 5.87. The van der Waals surface area contributed by atoms with Crippen LogP contribution in [0.3, 0.4) is 0 Å². The van der Waals surface area contributed by atoms with Crippen molar-refractivity contribution in [2.45, 2.75) is 45.3 Å². The lowest BCUT2D eigenvalue weighted by Gasteiger charge is -2.38. The lowest BCUT2D eigenvalue weighted by atomic mass is 9.71. The summed E-state index contributed by atoms with van der Waals surface area (Å²) in [5.41, 5.74) is -0.253. The molecule has 0 N–H and O–H groups in total. The van der Waals surface area contributed by atoms with Crippen molar-refractivity contribution in [3.63, 3.8) is 0 Å². The first kappa shape index (κ1) is 12.7. The minimum Gasteiger partial charge on any atom is -0.462 e. The fraction of sp³-hybridized carbons (Fsp3) is 0.733. The van der Waals surface area contributed by atoms with E-state index in [1.54, 1.807) is 6.92 Å². The van der Waals surface area contributed by atoms with Crippen molar-refractivity contribution >= 4 is 11.9 Å². The van der Waals surface area contributed by atoms with Gasteiger partial charge in [-0.1, -0.05) is 6.58 Å². The second kappa shape index (κ2) is 3.84. The molecule has 19 heavy (non-hydrogen) atoms. The van der Waals surface area contributed by atoms with Crippen molar-refractivity contribution in [2.75, 3.05) is 0 Å². The highest BCUT2D eigenvalue weighted by atomic mass is 16.6. The van der Waals surface area contributed by atoms with Crippen molar-refractivity contribution in [1.29, 1.82) is 0 Å². The van der Waals surface area contributed by atoms with Crippen LogP contribution in [0.25, 0.3) is 0 Å². The number of rotatable bonds is 3. The summed E-state index contributed by atoms with van der Waals surface area (Å²) in [6.45, 7) is 9.05. The smallest absolute Gasteiger partial charge is 0.333 e. The van der Waals surface area contributed by atoms with E-state index in [0.717, 1.165) is 12.8 Å². The van der Waals surface area contributed by atoms with E-state index in [-0.39, 0.29) is 29.9 Å². The SMILES string of the molecule is C=C(C)C(=O)OC(C)(C)C1C2CC3OC(=O)C1C3C2. The van der Waals surface area contributed by atoms with Crippen molar-refractivity contribution in [3.05, 3.63) is 12.2 Å². The molecular formula is C15H20O4. The van der Waals surface area contributed by atoms with Crippen LogP contribution in [0.15, 0.2) is 12.2 Å². The fourth-order valence-corrected chi connectivity index (χ4v) is 4.38. The molecule has 0 radical (unpaired) electrons. The van der Waals surface area contributed by atoms with Crippen LogP contribution in [0.2, 0.25) is 0 Å². The van der Waals surface area contributed by atoms with E-state index in [4.69, 9.17) is 9.47 Å². The molecule has 0 aromatic heterocycles.